The predicted octanol–water partition coefficient (Wildman–Crippen LogP) is 5.33. The van der Waals surface area contributed by atoms with Crippen molar-refractivity contribution < 1.29 is 23.6 Å². The van der Waals surface area contributed by atoms with Crippen molar-refractivity contribution in [3.8, 4) is 5.69 Å². The van der Waals surface area contributed by atoms with Gasteiger partial charge in [-0.1, -0.05) is 48.5 Å². The number of amides is 3. The number of nitrogens with zero attached hydrogens (tertiary/aromatic N) is 7. The van der Waals surface area contributed by atoms with Gasteiger partial charge in [-0.05, 0) is 91.1 Å². The molecule has 1 unspecified atom stereocenters. The smallest absolute Gasteiger partial charge is 0.381 e. The summed E-state index contributed by atoms with van der Waals surface area (Å²) in [6, 6.07) is 24.9. The largest absolute Gasteiger partial charge is 0.438 e. The van der Waals surface area contributed by atoms with E-state index in [9.17, 15) is 14.4 Å². The topological polar surface area (TPSA) is 161 Å². The molecule has 15 heteroatoms. The number of carbonyl (C=O) groups excluding carboxylic acids is 2. The lowest BCUT2D eigenvalue weighted by atomic mass is 9.91. The molecule has 3 aromatic heterocycles. The van der Waals surface area contributed by atoms with Crippen LogP contribution in [0.1, 0.15) is 70.8 Å². The number of urea groups is 1. The monoisotopic (exact) mass is 796 g/mol. The fraction of sp³-hybridized carbons (Fsp3) is 0.364. The number of anilines is 2. The zero-order chi connectivity index (χ0) is 40.4. The van der Waals surface area contributed by atoms with Gasteiger partial charge < -0.3 is 18.9 Å². The Morgan fingerprint density at radius 1 is 0.932 bits per heavy atom. The fourth-order valence-corrected chi connectivity index (χ4v) is 9.43. The van der Waals surface area contributed by atoms with Crippen molar-refractivity contribution in [3.63, 3.8) is 0 Å². The number of hydrogen-bond acceptors (Lipinski definition) is 9. The molecule has 1 aliphatic carbocycles. The third kappa shape index (κ3) is 6.18. The van der Waals surface area contributed by atoms with Gasteiger partial charge in [-0.25, -0.2) is 19.1 Å². The Morgan fingerprint density at radius 2 is 1.71 bits per heavy atom. The molecule has 302 valence electrons. The quantitative estimate of drug-likeness (QED) is 0.204. The first-order valence-corrected chi connectivity index (χ1v) is 20.2. The van der Waals surface area contributed by atoms with E-state index in [-0.39, 0.29) is 48.9 Å². The highest BCUT2D eigenvalue weighted by molar-refractivity contribution is 6.05. The summed E-state index contributed by atoms with van der Waals surface area (Å²) in [5, 5.41) is 5.05. The van der Waals surface area contributed by atoms with Crippen molar-refractivity contribution in [2.45, 2.75) is 57.2 Å². The van der Waals surface area contributed by atoms with Crippen LogP contribution in [0.15, 0.2) is 93.0 Å². The van der Waals surface area contributed by atoms with Crippen LogP contribution < -0.4 is 21.1 Å². The number of aromatic nitrogens is 5. The number of H-pyrrole nitrogens is 1. The van der Waals surface area contributed by atoms with E-state index in [4.69, 9.17) is 19.0 Å². The molecule has 0 spiro atoms. The first kappa shape index (κ1) is 37.0. The van der Waals surface area contributed by atoms with Crippen molar-refractivity contribution >= 4 is 34.5 Å². The zero-order valence-corrected chi connectivity index (χ0v) is 32.9. The first-order valence-electron chi connectivity index (χ1n) is 20.2. The highest BCUT2D eigenvalue weighted by Gasteiger charge is 2.59. The number of carbonyl (C=O) groups is 2. The average Bonchev–Trinajstić information content (AvgIpc) is 3.58. The lowest BCUT2D eigenvalue weighted by Gasteiger charge is -2.31. The lowest BCUT2D eigenvalue weighted by molar-refractivity contribution is 0.0717. The third-order valence-corrected chi connectivity index (χ3v) is 12.6. The number of aromatic amines is 1. The van der Waals surface area contributed by atoms with Crippen LogP contribution in [0.2, 0.25) is 0 Å². The van der Waals surface area contributed by atoms with Crippen molar-refractivity contribution in [1.82, 2.24) is 29.2 Å². The van der Waals surface area contributed by atoms with Gasteiger partial charge in [0.2, 0.25) is 5.95 Å². The SMILES string of the molecule is COCc1cccc(-n2c(N3CCN(c4ccccc4)C3=O)nc3c(c2=O)CCN(C(=O)c2cc4cc(C5CCOCC5)ccc4n2C2(c4noc(=O)[nH]4)C[C@@H]2C)C3)c1. The van der Waals surface area contributed by atoms with Gasteiger partial charge in [0.1, 0.15) is 11.2 Å². The summed E-state index contributed by atoms with van der Waals surface area (Å²) < 4.78 is 19.6. The highest BCUT2D eigenvalue weighted by atomic mass is 16.5. The molecule has 6 heterocycles. The maximum atomic E-state index is 15.0. The van der Waals surface area contributed by atoms with E-state index in [0.29, 0.717) is 73.7 Å². The molecule has 0 radical (unpaired) electrons. The van der Waals surface area contributed by atoms with Gasteiger partial charge in [-0.3, -0.25) is 28.9 Å². The first-order chi connectivity index (χ1) is 28.7. The van der Waals surface area contributed by atoms with Crippen LogP contribution in [-0.4, -0.2) is 81.1 Å². The number of rotatable bonds is 9. The molecular weight excluding hydrogens is 753 g/mol. The van der Waals surface area contributed by atoms with E-state index in [2.05, 4.69) is 35.3 Å². The van der Waals surface area contributed by atoms with Gasteiger partial charge in [-0.15, -0.1) is 0 Å². The number of para-hydroxylation sites is 1. The minimum Gasteiger partial charge on any atom is -0.381 e. The molecule has 3 amide bonds. The zero-order valence-electron chi connectivity index (χ0n) is 32.9. The van der Waals surface area contributed by atoms with E-state index in [1.807, 2.05) is 65.2 Å². The molecule has 0 bridgehead atoms. The number of benzene rings is 3. The molecule has 1 saturated carbocycles. The minimum atomic E-state index is -0.802. The Bertz CT molecular complexity index is 2730. The Morgan fingerprint density at radius 3 is 2.46 bits per heavy atom. The standard InChI is InChI=1S/C44H44N8O7/c1-27-24-44(27,40-46-42(55)59-47-40)52-36-12-11-30(29-14-19-58-20-15-29)22-31(36)23-37(52)39(54)48-16-13-34-35(25-48)45-41(50-18-17-49(43(50)56)32-8-4-3-5-9-32)51(38(34)53)33-10-6-7-28(21-33)26-57-2/h3-12,21-23,27,29H,13-20,24-26H2,1-2H3,(H,46,47,55)/t27-,44?/m0/s1. The normalized spacial score (nSPS) is 20.7. The molecule has 4 aliphatic rings. The highest BCUT2D eigenvalue weighted by Crippen LogP contribution is 2.56. The Balaban J connectivity index is 1.06. The maximum absolute atomic E-state index is 15.0. The predicted molar refractivity (Wildman–Crippen MR) is 218 cm³/mol. The second kappa shape index (κ2) is 14.5. The number of fused-ring (bicyclic) bond motifs is 2. The molecule has 59 heavy (non-hydrogen) atoms. The summed E-state index contributed by atoms with van der Waals surface area (Å²) in [5.74, 6) is 0.0664. The van der Waals surface area contributed by atoms with E-state index < -0.39 is 11.3 Å². The molecule has 1 N–H and O–H groups in total. The Kier molecular flexibility index (Phi) is 9.09. The summed E-state index contributed by atoms with van der Waals surface area (Å²) in [5.41, 5.74) is 4.52. The van der Waals surface area contributed by atoms with Gasteiger partial charge >= 0.3 is 11.8 Å². The molecule has 10 rings (SSSR count). The van der Waals surface area contributed by atoms with Crippen LogP contribution in [0.3, 0.4) is 0 Å². The summed E-state index contributed by atoms with van der Waals surface area (Å²) >= 11 is 0. The molecule has 3 aromatic carbocycles. The lowest BCUT2D eigenvalue weighted by Crippen LogP contribution is -2.43. The van der Waals surface area contributed by atoms with Crippen molar-refractivity contribution in [3.05, 3.63) is 134 Å². The van der Waals surface area contributed by atoms with E-state index in [1.54, 1.807) is 21.8 Å². The number of hydrogen-bond donors (Lipinski definition) is 1. The minimum absolute atomic E-state index is 0.0428. The Hall–Kier alpha value is -6.32. The van der Waals surface area contributed by atoms with Crippen LogP contribution in [0.5, 0.6) is 0 Å². The van der Waals surface area contributed by atoms with Gasteiger partial charge in [0.25, 0.3) is 11.5 Å². The van der Waals surface area contributed by atoms with Crippen molar-refractivity contribution in [2.24, 2.45) is 5.92 Å². The molecule has 3 aliphatic heterocycles. The van der Waals surface area contributed by atoms with Gasteiger partial charge in [0.15, 0.2) is 5.82 Å². The van der Waals surface area contributed by atoms with Crippen LogP contribution >= 0.6 is 0 Å². The second-order valence-corrected chi connectivity index (χ2v) is 16.0. The third-order valence-electron chi connectivity index (χ3n) is 12.6. The van der Waals surface area contributed by atoms with Crippen LogP contribution in [0, 0.1) is 5.92 Å². The molecule has 2 saturated heterocycles. The molecule has 15 nitrogen and oxygen atoms in total. The second-order valence-electron chi connectivity index (χ2n) is 16.0. The number of methoxy groups -OCH3 is 1. The van der Waals surface area contributed by atoms with Crippen LogP contribution in [-0.2, 0) is 34.6 Å². The average molecular weight is 797 g/mol. The summed E-state index contributed by atoms with van der Waals surface area (Å²) in [7, 11) is 1.61. The Labute approximate surface area is 338 Å². The van der Waals surface area contributed by atoms with Gasteiger partial charge in [0.05, 0.1) is 24.5 Å². The van der Waals surface area contributed by atoms with Gasteiger partial charge in [0, 0.05) is 62.1 Å². The van der Waals surface area contributed by atoms with Crippen LogP contribution in [0.4, 0.5) is 16.4 Å². The number of nitrogens with one attached hydrogen (secondary N) is 1. The van der Waals surface area contributed by atoms with Crippen molar-refractivity contribution in [2.75, 3.05) is 49.8 Å². The van der Waals surface area contributed by atoms with E-state index in [1.165, 1.54) is 10.1 Å². The molecular formula is C44H44N8O7. The summed E-state index contributed by atoms with van der Waals surface area (Å²) in [4.78, 5) is 69.0. The van der Waals surface area contributed by atoms with E-state index >= 15 is 4.79 Å². The number of ether oxygens (including phenoxy) is 2. The molecule has 3 fully saturated rings. The van der Waals surface area contributed by atoms with Crippen LogP contribution in [0.25, 0.3) is 16.6 Å². The summed E-state index contributed by atoms with van der Waals surface area (Å²) in [6.45, 7) is 4.88. The summed E-state index contributed by atoms with van der Waals surface area (Å²) in [6.07, 6.45) is 2.76. The van der Waals surface area contributed by atoms with Crippen molar-refractivity contribution in [1.29, 1.82) is 0 Å². The fourth-order valence-electron chi connectivity index (χ4n) is 9.43. The molecule has 6 aromatic rings. The maximum Gasteiger partial charge on any atom is 0.438 e. The molecule has 2 atom stereocenters. The van der Waals surface area contributed by atoms with E-state index in [0.717, 1.165) is 35.0 Å². The van der Waals surface area contributed by atoms with Gasteiger partial charge in [-0.2, -0.15) is 0 Å².